The summed E-state index contributed by atoms with van der Waals surface area (Å²) in [5.41, 5.74) is 1.25. The Hall–Kier alpha value is -0.600. The lowest BCUT2D eigenvalue weighted by Crippen LogP contribution is -1.99. The van der Waals surface area contributed by atoms with Crippen LogP contribution in [0.5, 0.6) is 0 Å². The minimum Gasteiger partial charge on any atom is -0.276 e. The fraction of sp³-hybridized carbons (Fsp3) is 0.333. The summed E-state index contributed by atoms with van der Waals surface area (Å²) >= 11 is 11.1. The van der Waals surface area contributed by atoms with Gasteiger partial charge >= 0.3 is 0 Å². The smallest absolute Gasteiger partial charge is 0.254 e. The Labute approximate surface area is 85.9 Å². The first-order valence-electron chi connectivity index (χ1n) is 4.05. The molecule has 1 aliphatic rings. The second-order valence-electron chi connectivity index (χ2n) is 3.11. The Morgan fingerprint density at radius 3 is 2.69 bits per heavy atom. The molecule has 4 heteroatoms. The van der Waals surface area contributed by atoms with Crippen molar-refractivity contribution in [2.75, 3.05) is 0 Å². The summed E-state index contributed by atoms with van der Waals surface area (Å²) in [6.07, 6.45) is 2.15. The Morgan fingerprint density at radius 1 is 1.46 bits per heavy atom. The summed E-state index contributed by atoms with van der Waals surface area (Å²) in [7, 11) is 0. The van der Waals surface area contributed by atoms with Crippen LogP contribution in [0.1, 0.15) is 34.8 Å². The highest BCUT2D eigenvalue weighted by Gasteiger charge is 2.29. The van der Waals surface area contributed by atoms with Gasteiger partial charge in [-0.1, -0.05) is 11.6 Å². The van der Waals surface area contributed by atoms with Gasteiger partial charge in [0, 0.05) is 5.92 Å². The molecule has 1 aliphatic carbocycles. The largest absolute Gasteiger partial charge is 0.276 e. The van der Waals surface area contributed by atoms with Crippen molar-refractivity contribution in [3.05, 3.63) is 28.5 Å². The summed E-state index contributed by atoms with van der Waals surface area (Å²) in [4.78, 5) is 15.1. The van der Waals surface area contributed by atoms with Gasteiger partial charge in [0.25, 0.3) is 5.24 Å². The first kappa shape index (κ1) is 8.97. The van der Waals surface area contributed by atoms with Crippen molar-refractivity contribution in [2.45, 2.75) is 18.8 Å². The van der Waals surface area contributed by atoms with Gasteiger partial charge in [-0.3, -0.25) is 4.79 Å². The molecule has 1 aromatic heterocycles. The van der Waals surface area contributed by atoms with Crippen LogP contribution in [0.15, 0.2) is 12.1 Å². The van der Waals surface area contributed by atoms with E-state index in [0.29, 0.717) is 16.6 Å². The van der Waals surface area contributed by atoms with Gasteiger partial charge in [0.15, 0.2) is 0 Å². The number of aromatic nitrogens is 1. The number of pyridine rings is 1. The number of rotatable bonds is 2. The number of nitrogens with zero attached hydrogens (tertiary/aromatic N) is 1. The minimum atomic E-state index is -0.453. The Morgan fingerprint density at radius 2 is 2.15 bits per heavy atom. The lowest BCUT2D eigenvalue weighted by atomic mass is 10.1. The quantitative estimate of drug-likeness (QED) is 0.561. The summed E-state index contributed by atoms with van der Waals surface area (Å²) < 4.78 is 0. The SMILES string of the molecule is O=C(Cl)c1ccc(Cl)nc1C1CC1. The predicted molar refractivity (Wildman–Crippen MR) is 51.4 cm³/mol. The molecule has 0 atom stereocenters. The topological polar surface area (TPSA) is 30.0 Å². The van der Waals surface area contributed by atoms with E-state index in [1.54, 1.807) is 12.1 Å². The van der Waals surface area contributed by atoms with E-state index >= 15 is 0 Å². The fourth-order valence-corrected chi connectivity index (χ4v) is 1.60. The maximum absolute atomic E-state index is 11.0. The summed E-state index contributed by atoms with van der Waals surface area (Å²) in [5.74, 6) is 0.386. The molecule has 2 rings (SSSR count). The van der Waals surface area contributed by atoms with Gasteiger partial charge in [0.2, 0.25) is 0 Å². The van der Waals surface area contributed by atoms with E-state index in [4.69, 9.17) is 23.2 Å². The highest BCUT2D eigenvalue weighted by Crippen LogP contribution is 2.41. The molecule has 2 nitrogen and oxygen atoms in total. The second kappa shape index (κ2) is 3.28. The third-order valence-corrected chi connectivity index (χ3v) is 2.48. The van der Waals surface area contributed by atoms with Crippen molar-refractivity contribution in [1.82, 2.24) is 4.98 Å². The molecule has 0 radical (unpaired) electrons. The molecule has 0 unspecified atom stereocenters. The molecule has 13 heavy (non-hydrogen) atoms. The second-order valence-corrected chi connectivity index (χ2v) is 3.85. The third-order valence-electron chi connectivity index (χ3n) is 2.07. The summed E-state index contributed by atoms with van der Waals surface area (Å²) in [6, 6.07) is 3.22. The van der Waals surface area contributed by atoms with Crippen molar-refractivity contribution >= 4 is 28.4 Å². The monoisotopic (exact) mass is 215 g/mol. The molecule has 0 bridgehead atoms. The van der Waals surface area contributed by atoms with Crippen LogP contribution in [-0.4, -0.2) is 10.2 Å². The highest BCUT2D eigenvalue weighted by atomic mass is 35.5. The average Bonchev–Trinajstić information content (AvgIpc) is 2.85. The molecule has 1 heterocycles. The van der Waals surface area contributed by atoms with Gasteiger partial charge in [-0.2, -0.15) is 0 Å². The maximum atomic E-state index is 11.0. The van der Waals surface area contributed by atoms with E-state index in [-0.39, 0.29) is 0 Å². The minimum absolute atomic E-state index is 0.386. The number of carbonyl (C=O) groups excluding carboxylic acids is 1. The molecule has 0 saturated heterocycles. The van der Waals surface area contributed by atoms with Gasteiger partial charge in [-0.15, -0.1) is 0 Å². The van der Waals surface area contributed by atoms with Crippen LogP contribution in [-0.2, 0) is 0 Å². The maximum Gasteiger partial charge on any atom is 0.254 e. The Kier molecular flexibility index (Phi) is 2.26. The predicted octanol–water partition coefficient (Wildman–Crippen LogP) is 2.99. The van der Waals surface area contributed by atoms with E-state index in [2.05, 4.69) is 4.98 Å². The Bertz CT molecular complexity index is 361. The summed E-state index contributed by atoms with van der Waals surface area (Å²) in [6.45, 7) is 0. The zero-order chi connectivity index (χ0) is 9.42. The number of carbonyl (C=O) groups is 1. The first-order valence-corrected chi connectivity index (χ1v) is 4.80. The van der Waals surface area contributed by atoms with Crippen LogP contribution in [0.4, 0.5) is 0 Å². The standard InChI is InChI=1S/C9H7Cl2NO/c10-7-4-3-6(9(11)13)8(12-7)5-1-2-5/h3-5H,1-2H2. The molecule has 0 N–H and O–H groups in total. The van der Waals surface area contributed by atoms with Crippen LogP contribution in [0.2, 0.25) is 5.15 Å². The van der Waals surface area contributed by atoms with Crippen LogP contribution >= 0.6 is 23.2 Å². The Balaban J connectivity index is 2.47. The molecule has 1 fully saturated rings. The lowest BCUT2D eigenvalue weighted by Gasteiger charge is -2.02. The van der Waals surface area contributed by atoms with Crippen LogP contribution in [0, 0.1) is 0 Å². The van der Waals surface area contributed by atoms with Crippen molar-refractivity contribution in [3.8, 4) is 0 Å². The lowest BCUT2D eigenvalue weighted by molar-refractivity contribution is 0.108. The van der Waals surface area contributed by atoms with Gasteiger partial charge in [-0.05, 0) is 36.6 Å². The first-order chi connectivity index (χ1) is 6.18. The molecular weight excluding hydrogens is 209 g/mol. The molecule has 0 aliphatic heterocycles. The van der Waals surface area contributed by atoms with Crippen LogP contribution in [0.25, 0.3) is 0 Å². The zero-order valence-electron chi connectivity index (χ0n) is 6.76. The van der Waals surface area contributed by atoms with Crippen molar-refractivity contribution in [1.29, 1.82) is 0 Å². The van der Waals surface area contributed by atoms with Gasteiger partial charge < -0.3 is 0 Å². The van der Waals surface area contributed by atoms with Gasteiger partial charge in [0.05, 0.1) is 11.3 Å². The van der Waals surface area contributed by atoms with E-state index in [0.717, 1.165) is 18.5 Å². The van der Waals surface area contributed by atoms with Gasteiger partial charge in [-0.25, -0.2) is 4.98 Å². The number of halogens is 2. The molecule has 0 amide bonds. The van der Waals surface area contributed by atoms with Crippen LogP contribution < -0.4 is 0 Å². The molecule has 1 aromatic rings. The van der Waals surface area contributed by atoms with Crippen molar-refractivity contribution in [2.24, 2.45) is 0 Å². The molecule has 0 spiro atoms. The average molecular weight is 216 g/mol. The van der Waals surface area contributed by atoms with E-state index in [9.17, 15) is 4.79 Å². The van der Waals surface area contributed by atoms with E-state index < -0.39 is 5.24 Å². The highest BCUT2D eigenvalue weighted by molar-refractivity contribution is 6.67. The zero-order valence-corrected chi connectivity index (χ0v) is 8.27. The normalized spacial score (nSPS) is 15.8. The summed E-state index contributed by atoms with van der Waals surface area (Å²) in [5, 5.41) is -0.0327. The molecule has 0 aromatic carbocycles. The van der Waals surface area contributed by atoms with Crippen molar-refractivity contribution < 1.29 is 4.79 Å². The molecular formula is C9H7Cl2NO. The van der Waals surface area contributed by atoms with Gasteiger partial charge in [0.1, 0.15) is 5.15 Å². The number of hydrogen-bond acceptors (Lipinski definition) is 2. The molecule has 68 valence electrons. The van der Waals surface area contributed by atoms with Crippen molar-refractivity contribution in [3.63, 3.8) is 0 Å². The number of hydrogen-bond donors (Lipinski definition) is 0. The third kappa shape index (κ3) is 1.84. The van der Waals surface area contributed by atoms with Crippen LogP contribution in [0.3, 0.4) is 0 Å². The van der Waals surface area contributed by atoms with E-state index in [1.807, 2.05) is 0 Å². The fourth-order valence-electron chi connectivity index (χ4n) is 1.28. The van der Waals surface area contributed by atoms with E-state index in [1.165, 1.54) is 0 Å². The molecule has 1 saturated carbocycles.